The molecule has 2 aromatic heterocycles. The fraction of sp³-hybridized carbons (Fsp3) is 0.0714. The van der Waals surface area contributed by atoms with Gasteiger partial charge < -0.3 is 9.94 Å². The lowest BCUT2D eigenvalue weighted by molar-refractivity contribution is -0.605. The third kappa shape index (κ3) is 4.09. The zero-order valence-corrected chi connectivity index (χ0v) is 13.6. The number of fused-ring (bicyclic) bond motifs is 1. The van der Waals surface area contributed by atoms with E-state index < -0.39 is 12.3 Å². The Balaban J connectivity index is 1.84. The highest BCUT2D eigenvalue weighted by Gasteiger charge is 2.31. The van der Waals surface area contributed by atoms with Gasteiger partial charge in [0.15, 0.2) is 17.5 Å². The third-order valence-corrected chi connectivity index (χ3v) is 4.20. The van der Waals surface area contributed by atoms with Crippen LogP contribution in [0.25, 0.3) is 10.2 Å². The van der Waals surface area contributed by atoms with Crippen LogP contribution in [-0.2, 0) is 0 Å². The molecule has 1 amide bonds. The van der Waals surface area contributed by atoms with Crippen LogP contribution in [0.5, 0.6) is 5.75 Å². The van der Waals surface area contributed by atoms with Gasteiger partial charge in [-0.25, -0.2) is 4.98 Å². The van der Waals surface area contributed by atoms with Crippen LogP contribution in [0.3, 0.4) is 0 Å². The van der Waals surface area contributed by atoms with Crippen molar-refractivity contribution in [1.82, 2.24) is 4.98 Å². The number of amides is 1. The molecule has 0 aliphatic carbocycles. The average molecular weight is 390 g/mol. The number of thiazole rings is 1. The number of carbonyl (C=O) groups is 1. The smallest absolute Gasteiger partial charge is 0.573 e. The molecule has 1 N–H and O–H groups in total. The molecule has 0 atom stereocenters. The number of hydrogen-bond acceptors (Lipinski definition) is 5. The lowest BCUT2D eigenvalue weighted by Crippen LogP contribution is -2.27. The van der Waals surface area contributed by atoms with Gasteiger partial charge in [0.1, 0.15) is 11.3 Å². The highest BCUT2D eigenvalue weighted by Crippen LogP contribution is 2.32. The monoisotopic (exact) mass is 389 g/mol. The number of alkyl halides is 3. The fourth-order valence-electron chi connectivity index (χ4n) is 1.95. The third-order valence-electron chi connectivity index (χ3n) is 2.94. The quantitative estimate of drug-likeness (QED) is 0.547. The Morgan fingerprint density at radius 2 is 2.12 bits per heavy atom. The summed E-state index contributed by atoms with van der Waals surface area (Å²) in [5.74, 6) is -1.05. The zero-order chi connectivity index (χ0) is 18.2. The van der Waals surface area contributed by atoms with Gasteiger partial charge in [-0.2, -0.15) is 4.73 Å². The largest absolute Gasteiger partial charge is 0.619 e. The van der Waals surface area contributed by atoms with Crippen molar-refractivity contribution in [3.05, 3.63) is 52.5 Å². The van der Waals surface area contributed by atoms with Crippen LogP contribution in [0.4, 0.5) is 18.3 Å². The maximum Gasteiger partial charge on any atom is 0.573 e. The molecule has 1 aromatic carbocycles. The summed E-state index contributed by atoms with van der Waals surface area (Å²) in [6.45, 7) is 0. The Morgan fingerprint density at radius 3 is 2.84 bits per heavy atom. The van der Waals surface area contributed by atoms with Crippen molar-refractivity contribution in [2.75, 3.05) is 5.32 Å². The molecule has 130 valence electrons. The Hall–Kier alpha value is -2.59. The van der Waals surface area contributed by atoms with Gasteiger partial charge in [-0.3, -0.25) is 10.1 Å². The lowest BCUT2D eigenvalue weighted by Gasteiger charge is -2.07. The van der Waals surface area contributed by atoms with Gasteiger partial charge in [-0.05, 0) is 12.1 Å². The molecule has 3 aromatic rings. The second-order valence-corrected chi connectivity index (χ2v) is 6.15. The topological polar surface area (TPSA) is 78.2 Å². The molecule has 0 aliphatic heterocycles. The molecular formula is C14H7ClF3N3O3S. The highest BCUT2D eigenvalue weighted by atomic mass is 35.5. The number of halogens is 4. The summed E-state index contributed by atoms with van der Waals surface area (Å²) in [6.07, 6.45) is -2.66. The molecule has 6 nitrogen and oxygen atoms in total. The standard InChI is InChI=1S/C14H7ClF3N3O3S/c15-9-3-4-21(23)6-8(9)12(22)20-13-19-10-2-1-7(5-11(10)25-13)24-14(16,17)18/h1-6H,(H,19,20,22). The number of aromatic nitrogens is 2. The molecule has 0 unspecified atom stereocenters. The molecular weight excluding hydrogens is 383 g/mol. The van der Waals surface area contributed by atoms with Gasteiger partial charge in [-0.1, -0.05) is 22.9 Å². The normalized spacial score (nSPS) is 11.5. The first-order chi connectivity index (χ1) is 11.7. The molecule has 0 bridgehead atoms. The number of rotatable bonds is 3. The Morgan fingerprint density at radius 1 is 1.36 bits per heavy atom. The van der Waals surface area contributed by atoms with Crippen molar-refractivity contribution in [3.8, 4) is 5.75 Å². The average Bonchev–Trinajstić information content (AvgIpc) is 2.89. The highest BCUT2D eigenvalue weighted by molar-refractivity contribution is 7.22. The molecule has 0 spiro atoms. The Labute approximate surface area is 147 Å². The van der Waals surface area contributed by atoms with E-state index in [2.05, 4.69) is 15.0 Å². The second-order valence-electron chi connectivity index (χ2n) is 4.72. The van der Waals surface area contributed by atoms with E-state index in [1.54, 1.807) is 0 Å². The molecule has 3 rings (SSSR count). The lowest BCUT2D eigenvalue weighted by atomic mass is 10.3. The van der Waals surface area contributed by atoms with Crippen LogP contribution in [0.1, 0.15) is 10.4 Å². The van der Waals surface area contributed by atoms with Crippen molar-refractivity contribution in [3.63, 3.8) is 0 Å². The Bertz CT molecular complexity index is 961. The minimum atomic E-state index is -4.80. The van der Waals surface area contributed by atoms with Gasteiger partial charge in [0.2, 0.25) is 0 Å². The SMILES string of the molecule is O=C(Nc1nc2ccc(OC(F)(F)F)cc2s1)c1c[n+]([O-])ccc1Cl. The molecule has 0 saturated carbocycles. The van der Waals surface area contributed by atoms with Crippen molar-refractivity contribution in [2.24, 2.45) is 0 Å². The van der Waals surface area contributed by atoms with Gasteiger partial charge in [0.25, 0.3) is 5.91 Å². The molecule has 0 saturated heterocycles. The number of nitrogens with one attached hydrogen (secondary N) is 1. The number of benzene rings is 1. The van der Waals surface area contributed by atoms with Crippen LogP contribution in [-0.4, -0.2) is 17.3 Å². The summed E-state index contributed by atoms with van der Waals surface area (Å²) in [7, 11) is 0. The predicted molar refractivity (Wildman–Crippen MR) is 84.7 cm³/mol. The van der Waals surface area contributed by atoms with E-state index in [4.69, 9.17) is 11.6 Å². The molecule has 11 heteroatoms. The fourth-order valence-corrected chi connectivity index (χ4v) is 3.03. The van der Waals surface area contributed by atoms with Crippen LogP contribution < -0.4 is 14.8 Å². The van der Waals surface area contributed by atoms with Crippen molar-refractivity contribution in [2.45, 2.75) is 6.36 Å². The predicted octanol–water partition coefficient (Wildman–Crippen LogP) is 3.73. The van der Waals surface area contributed by atoms with Gasteiger partial charge in [0, 0.05) is 12.1 Å². The molecule has 0 fully saturated rings. The van der Waals surface area contributed by atoms with Gasteiger partial charge in [-0.15, -0.1) is 13.2 Å². The zero-order valence-electron chi connectivity index (χ0n) is 12.0. The first-order valence-electron chi connectivity index (χ1n) is 6.57. The Kier molecular flexibility index (Phi) is 4.39. The first-order valence-corrected chi connectivity index (χ1v) is 7.77. The summed E-state index contributed by atoms with van der Waals surface area (Å²) in [5.41, 5.74) is 0.326. The summed E-state index contributed by atoms with van der Waals surface area (Å²) in [5, 5.41) is 13.9. The van der Waals surface area contributed by atoms with E-state index in [1.807, 2.05) is 0 Å². The van der Waals surface area contributed by atoms with E-state index in [9.17, 15) is 23.2 Å². The number of nitrogens with zero attached hydrogens (tertiary/aromatic N) is 2. The first kappa shape index (κ1) is 17.2. The van der Waals surface area contributed by atoms with Gasteiger partial charge >= 0.3 is 6.36 Å². The van der Waals surface area contributed by atoms with Crippen molar-refractivity contribution >= 4 is 44.2 Å². The molecule has 0 aliphatic rings. The van der Waals surface area contributed by atoms with E-state index in [0.29, 0.717) is 14.9 Å². The summed E-state index contributed by atoms with van der Waals surface area (Å²) in [6, 6.07) is 4.89. The van der Waals surface area contributed by atoms with E-state index >= 15 is 0 Å². The van der Waals surface area contributed by atoms with Crippen molar-refractivity contribution < 1.29 is 27.4 Å². The number of hydrogen-bond donors (Lipinski definition) is 1. The summed E-state index contributed by atoms with van der Waals surface area (Å²) < 4.78 is 41.4. The van der Waals surface area contributed by atoms with Gasteiger partial charge in [0.05, 0.1) is 15.2 Å². The molecule has 25 heavy (non-hydrogen) atoms. The maximum absolute atomic E-state index is 12.2. The number of carbonyl (C=O) groups excluding carboxylic acids is 1. The maximum atomic E-state index is 12.2. The molecule has 0 radical (unpaired) electrons. The number of anilines is 1. The summed E-state index contributed by atoms with van der Waals surface area (Å²) in [4.78, 5) is 16.3. The number of pyridine rings is 1. The minimum Gasteiger partial charge on any atom is -0.619 e. The van der Waals surface area contributed by atoms with Crippen LogP contribution in [0.15, 0.2) is 36.7 Å². The van der Waals surface area contributed by atoms with E-state index in [-0.39, 0.29) is 21.5 Å². The second kappa shape index (κ2) is 6.37. The number of ether oxygens (including phenoxy) is 1. The van der Waals surface area contributed by atoms with E-state index in [0.717, 1.165) is 35.9 Å². The van der Waals surface area contributed by atoms with Crippen molar-refractivity contribution in [1.29, 1.82) is 0 Å². The van der Waals surface area contributed by atoms with Crippen LogP contribution in [0, 0.1) is 5.21 Å². The minimum absolute atomic E-state index is 0.0560. The summed E-state index contributed by atoms with van der Waals surface area (Å²) >= 11 is 6.82. The van der Waals surface area contributed by atoms with Crippen LogP contribution in [0.2, 0.25) is 5.02 Å². The van der Waals surface area contributed by atoms with E-state index in [1.165, 1.54) is 12.1 Å². The van der Waals surface area contributed by atoms with Crippen LogP contribution >= 0.6 is 22.9 Å². The molecule has 2 heterocycles.